The number of hydrogen-bond acceptors (Lipinski definition) is 4. The highest BCUT2D eigenvalue weighted by atomic mass is 79.9. The third-order valence-corrected chi connectivity index (χ3v) is 4.25. The Kier molecular flexibility index (Phi) is 3.71. The molecule has 0 unspecified atom stereocenters. The highest BCUT2D eigenvalue weighted by Crippen LogP contribution is 2.24. The monoisotopic (exact) mass is 337 g/mol. The number of ketones is 1. The SMILES string of the molecule is Cn1nnc(Br)c1C(=O)c1cccn1C1CCNCC1. The summed E-state index contributed by atoms with van der Waals surface area (Å²) >= 11 is 3.29. The van der Waals surface area contributed by atoms with E-state index in [0.717, 1.165) is 25.9 Å². The molecule has 1 N–H and O–H groups in total. The number of nitrogens with zero attached hydrogens (tertiary/aromatic N) is 4. The molecule has 0 aliphatic carbocycles. The van der Waals surface area contributed by atoms with Gasteiger partial charge in [0.25, 0.3) is 0 Å². The summed E-state index contributed by atoms with van der Waals surface area (Å²) in [6.07, 6.45) is 4.07. The molecule has 1 aliphatic rings. The Morgan fingerprint density at radius 3 is 2.85 bits per heavy atom. The molecule has 0 bridgehead atoms. The highest BCUT2D eigenvalue weighted by Gasteiger charge is 2.24. The molecule has 2 aromatic rings. The van der Waals surface area contributed by atoms with E-state index in [9.17, 15) is 4.79 Å². The second-order valence-corrected chi connectivity index (χ2v) is 5.71. The highest BCUT2D eigenvalue weighted by molar-refractivity contribution is 9.10. The van der Waals surface area contributed by atoms with Crippen LogP contribution in [0.4, 0.5) is 0 Å². The van der Waals surface area contributed by atoms with E-state index in [4.69, 9.17) is 0 Å². The van der Waals surface area contributed by atoms with Crippen molar-refractivity contribution in [2.75, 3.05) is 13.1 Å². The zero-order chi connectivity index (χ0) is 14.1. The van der Waals surface area contributed by atoms with Crippen molar-refractivity contribution in [1.82, 2.24) is 24.9 Å². The summed E-state index contributed by atoms with van der Waals surface area (Å²) in [6.45, 7) is 1.99. The van der Waals surface area contributed by atoms with Crippen LogP contribution in [0.1, 0.15) is 35.1 Å². The fraction of sp³-hybridized carbons (Fsp3) is 0.462. The minimum Gasteiger partial charge on any atom is -0.342 e. The summed E-state index contributed by atoms with van der Waals surface area (Å²) in [6, 6.07) is 4.17. The Hall–Kier alpha value is -1.47. The molecule has 1 saturated heterocycles. The average molecular weight is 338 g/mol. The van der Waals surface area contributed by atoms with E-state index in [1.807, 2.05) is 18.3 Å². The number of hydrogen-bond donors (Lipinski definition) is 1. The standard InChI is InChI=1S/C13H16BrN5O/c1-18-11(13(14)16-17-18)12(20)10-3-2-8-19(10)9-4-6-15-7-5-9/h2-3,8-9,15H,4-7H2,1H3. The van der Waals surface area contributed by atoms with Gasteiger partial charge >= 0.3 is 0 Å². The van der Waals surface area contributed by atoms with E-state index >= 15 is 0 Å². The van der Waals surface area contributed by atoms with E-state index < -0.39 is 0 Å². The first-order valence-corrected chi connectivity index (χ1v) is 7.45. The van der Waals surface area contributed by atoms with Crippen LogP contribution in [0.2, 0.25) is 0 Å². The van der Waals surface area contributed by atoms with Crippen molar-refractivity contribution in [3.05, 3.63) is 34.3 Å². The number of piperidine rings is 1. The van der Waals surface area contributed by atoms with Gasteiger partial charge in [-0.3, -0.25) is 4.79 Å². The van der Waals surface area contributed by atoms with E-state index in [1.165, 1.54) is 4.68 Å². The zero-order valence-electron chi connectivity index (χ0n) is 11.2. The number of aryl methyl sites for hydroxylation is 1. The van der Waals surface area contributed by atoms with Gasteiger partial charge in [0.2, 0.25) is 5.78 Å². The quantitative estimate of drug-likeness (QED) is 0.863. The van der Waals surface area contributed by atoms with Crippen LogP contribution in [0.25, 0.3) is 0 Å². The maximum atomic E-state index is 12.7. The van der Waals surface area contributed by atoms with Crippen molar-refractivity contribution in [3.63, 3.8) is 0 Å². The van der Waals surface area contributed by atoms with Crippen LogP contribution in [0.15, 0.2) is 22.9 Å². The molecule has 3 heterocycles. The van der Waals surface area contributed by atoms with Crippen LogP contribution in [0, 0.1) is 0 Å². The molecule has 1 aliphatic heterocycles. The number of aromatic nitrogens is 4. The molecule has 7 heteroatoms. The van der Waals surface area contributed by atoms with Crippen LogP contribution in [0.3, 0.4) is 0 Å². The summed E-state index contributed by atoms with van der Waals surface area (Å²) < 4.78 is 4.08. The molecule has 0 aromatic carbocycles. The number of carbonyl (C=O) groups is 1. The first-order valence-electron chi connectivity index (χ1n) is 6.66. The van der Waals surface area contributed by atoms with Crippen molar-refractivity contribution >= 4 is 21.7 Å². The Bertz CT molecular complexity index is 607. The topological polar surface area (TPSA) is 64.7 Å². The van der Waals surface area contributed by atoms with Gasteiger partial charge in [0.05, 0.1) is 5.69 Å². The van der Waals surface area contributed by atoms with E-state index in [1.54, 1.807) is 7.05 Å². The van der Waals surface area contributed by atoms with Crippen molar-refractivity contribution < 1.29 is 4.79 Å². The van der Waals surface area contributed by atoms with Crippen molar-refractivity contribution in [2.45, 2.75) is 18.9 Å². The smallest absolute Gasteiger partial charge is 0.230 e. The molecule has 0 radical (unpaired) electrons. The minimum absolute atomic E-state index is 0.0482. The van der Waals surface area contributed by atoms with E-state index in [0.29, 0.717) is 22.0 Å². The number of nitrogens with one attached hydrogen (secondary N) is 1. The normalized spacial score (nSPS) is 16.5. The molecule has 20 heavy (non-hydrogen) atoms. The van der Waals surface area contributed by atoms with Crippen LogP contribution >= 0.6 is 15.9 Å². The van der Waals surface area contributed by atoms with Crippen molar-refractivity contribution in [3.8, 4) is 0 Å². The zero-order valence-corrected chi connectivity index (χ0v) is 12.8. The molecule has 1 fully saturated rings. The van der Waals surface area contributed by atoms with Gasteiger partial charge in [0, 0.05) is 19.3 Å². The molecule has 0 atom stereocenters. The first-order chi connectivity index (χ1) is 9.68. The number of carbonyl (C=O) groups excluding carboxylic acids is 1. The Labute approximate surface area is 125 Å². The van der Waals surface area contributed by atoms with Gasteiger partial charge < -0.3 is 9.88 Å². The van der Waals surface area contributed by atoms with Crippen LogP contribution in [-0.2, 0) is 7.05 Å². The molecule has 6 nitrogen and oxygen atoms in total. The predicted octanol–water partition coefficient (Wildman–Crippen LogP) is 1.53. The third-order valence-electron chi connectivity index (χ3n) is 3.71. The molecule has 0 saturated carbocycles. The van der Waals surface area contributed by atoms with Crippen LogP contribution in [-0.4, -0.2) is 38.4 Å². The molecular formula is C13H16BrN5O. The van der Waals surface area contributed by atoms with E-state index in [-0.39, 0.29) is 5.78 Å². The fourth-order valence-electron chi connectivity index (χ4n) is 2.68. The average Bonchev–Trinajstić information content (AvgIpc) is 3.07. The largest absolute Gasteiger partial charge is 0.342 e. The minimum atomic E-state index is -0.0482. The molecule has 2 aromatic heterocycles. The van der Waals surface area contributed by atoms with Gasteiger partial charge in [-0.2, -0.15) is 0 Å². The Morgan fingerprint density at radius 2 is 2.20 bits per heavy atom. The second-order valence-electron chi connectivity index (χ2n) is 4.96. The lowest BCUT2D eigenvalue weighted by Gasteiger charge is -2.25. The molecule has 3 rings (SSSR count). The summed E-state index contributed by atoms with van der Waals surface area (Å²) in [4.78, 5) is 12.7. The van der Waals surface area contributed by atoms with Crippen molar-refractivity contribution in [2.24, 2.45) is 7.05 Å². The first kappa shape index (κ1) is 13.5. The Balaban J connectivity index is 1.95. The molecule has 0 amide bonds. The van der Waals surface area contributed by atoms with Crippen LogP contribution < -0.4 is 5.32 Å². The maximum Gasteiger partial charge on any atom is 0.230 e. The summed E-state index contributed by atoms with van der Waals surface area (Å²) in [7, 11) is 1.73. The summed E-state index contributed by atoms with van der Waals surface area (Å²) in [5.74, 6) is -0.0482. The lowest BCUT2D eigenvalue weighted by Crippen LogP contribution is -2.30. The van der Waals surface area contributed by atoms with Crippen molar-refractivity contribution in [1.29, 1.82) is 0 Å². The molecule has 0 spiro atoms. The van der Waals surface area contributed by atoms with E-state index in [2.05, 4.69) is 36.1 Å². The van der Waals surface area contributed by atoms with Gasteiger partial charge in [0.1, 0.15) is 5.69 Å². The lowest BCUT2D eigenvalue weighted by atomic mass is 10.1. The Morgan fingerprint density at radius 1 is 1.45 bits per heavy atom. The fourth-order valence-corrected chi connectivity index (χ4v) is 3.19. The van der Waals surface area contributed by atoms with Gasteiger partial charge in [-0.1, -0.05) is 5.21 Å². The molecule has 106 valence electrons. The van der Waals surface area contributed by atoms with Gasteiger partial charge in [-0.25, -0.2) is 4.68 Å². The van der Waals surface area contributed by atoms with Gasteiger partial charge in [0.15, 0.2) is 4.60 Å². The maximum absolute atomic E-state index is 12.7. The van der Waals surface area contributed by atoms with Crippen LogP contribution in [0.5, 0.6) is 0 Å². The third kappa shape index (κ3) is 2.31. The number of rotatable bonds is 3. The second kappa shape index (κ2) is 5.49. The number of halogens is 1. The lowest BCUT2D eigenvalue weighted by molar-refractivity contribution is 0.101. The predicted molar refractivity (Wildman–Crippen MR) is 77.7 cm³/mol. The van der Waals surface area contributed by atoms with Gasteiger partial charge in [-0.05, 0) is 54.0 Å². The van der Waals surface area contributed by atoms with Gasteiger partial charge in [-0.15, -0.1) is 5.10 Å². The summed E-state index contributed by atoms with van der Waals surface area (Å²) in [5.41, 5.74) is 1.18. The molecular weight excluding hydrogens is 322 g/mol. The summed E-state index contributed by atoms with van der Waals surface area (Å²) in [5, 5.41) is 11.1.